The Morgan fingerprint density at radius 3 is 2.57 bits per heavy atom. The minimum Gasteiger partial charge on any atom is -0.490 e. The highest BCUT2D eigenvalue weighted by Crippen LogP contribution is 2.43. The third kappa shape index (κ3) is 6.53. The summed E-state index contributed by atoms with van der Waals surface area (Å²) in [6.45, 7) is 9.69. The topological polar surface area (TPSA) is 92.0 Å². The molecule has 0 spiro atoms. The summed E-state index contributed by atoms with van der Waals surface area (Å²) in [5.41, 5.74) is 0.865. The molecule has 3 rings (SSSR count). The van der Waals surface area contributed by atoms with Gasteiger partial charge in [-0.25, -0.2) is 9.78 Å². The van der Waals surface area contributed by atoms with Crippen molar-refractivity contribution in [3.63, 3.8) is 0 Å². The summed E-state index contributed by atoms with van der Waals surface area (Å²) in [5.74, 6) is 0.541. The Bertz CT molecular complexity index is 1390. The lowest BCUT2D eigenvalue weighted by molar-refractivity contribution is -0.150. The van der Waals surface area contributed by atoms with Crippen molar-refractivity contribution in [3.8, 4) is 11.5 Å². The number of benzene rings is 2. The summed E-state index contributed by atoms with van der Waals surface area (Å²) >= 11 is 13.5. The molecule has 0 unspecified atom stereocenters. The molecule has 1 aromatic heterocycles. The number of esters is 1. The first kappa shape index (κ1) is 29.1. The van der Waals surface area contributed by atoms with Crippen LogP contribution in [0, 0.1) is 0 Å². The molecule has 0 bridgehead atoms. The zero-order chi connectivity index (χ0) is 27.3. The molecule has 2 aromatic carbocycles. The van der Waals surface area contributed by atoms with Crippen LogP contribution in [0.15, 0.2) is 43.1 Å². The third-order valence-corrected chi connectivity index (χ3v) is 7.50. The van der Waals surface area contributed by atoms with Gasteiger partial charge in [0.25, 0.3) is 5.56 Å². The summed E-state index contributed by atoms with van der Waals surface area (Å²) in [7, 11) is 0. The van der Waals surface area contributed by atoms with Gasteiger partial charge in [-0.1, -0.05) is 41.4 Å². The second-order valence-electron chi connectivity index (χ2n) is 8.17. The Morgan fingerprint density at radius 1 is 1.19 bits per heavy atom. The molecular formula is C26H28Br2ClN3O5. The SMILES string of the molecule is CCOC(=O)[C@H](C)Oc1c(OCC)cc(C=Nn2c([C@@H](C)CC)nc3ccc(Br)cc3c2=O)c(Br)c1Cl. The normalized spacial score (nSPS) is 13.1. The maximum absolute atomic E-state index is 13.4. The van der Waals surface area contributed by atoms with E-state index in [1.807, 2.05) is 32.9 Å². The van der Waals surface area contributed by atoms with Gasteiger partial charge in [0.05, 0.1) is 30.3 Å². The molecule has 1 heterocycles. The summed E-state index contributed by atoms with van der Waals surface area (Å²) in [5, 5.41) is 5.15. The highest BCUT2D eigenvalue weighted by molar-refractivity contribution is 9.10. The quantitative estimate of drug-likeness (QED) is 0.178. The fourth-order valence-corrected chi connectivity index (χ4v) is 4.46. The van der Waals surface area contributed by atoms with Crippen LogP contribution in [0.5, 0.6) is 11.5 Å². The van der Waals surface area contributed by atoms with Crippen LogP contribution in [-0.4, -0.2) is 41.2 Å². The van der Waals surface area contributed by atoms with E-state index in [9.17, 15) is 9.59 Å². The van der Waals surface area contributed by atoms with Crippen molar-refractivity contribution >= 4 is 66.5 Å². The zero-order valence-corrected chi connectivity index (χ0v) is 25.1. The van der Waals surface area contributed by atoms with Crippen molar-refractivity contribution in [2.75, 3.05) is 13.2 Å². The van der Waals surface area contributed by atoms with Crippen molar-refractivity contribution in [2.24, 2.45) is 5.10 Å². The van der Waals surface area contributed by atoms with Gasteiger partial charge in [0, 0.05) is 20.4 Å². The Kier molecular flexibility index (Phi) is 10.1. The molecule has 0 radical (unpaired) electrons. The standard InChI is InChI=1S/C26H28Br2ClN3O5/c1-6-14(4)24-31-19-10-9-17(27)12-18(19)25(33)32(24)30-13-16-11-20(35-7-2)23(22(29)21(16)28)37-15(5)26(34)36-8-3/h9-15H,6-8H2,1-5H3/t14-,15-/m0/s1. The second-order valence-corrected chi connectivity index (χ2v) is 10.3. The molecule has 11 heteroatoms. The fraction of sp³-hybridized carbons (Fsp3) is 0.385. The van der Waals surface area contributed by atoms with Gasteiger partial charge in [-0.05, 0) is 67.4 Å². The monoisotopic (exact) mass is 655 g/mol. The summed E-state index contributed by atoms with van der Waals surface area (Å²) in [4.78, 5) is 30.2. The van der Waals surface area contributed by atoms with E-state index in [1.165, 1.54) is 10.9 Å². The number of carbonyl (C=O) groups is 1. The molecule has 3 aromatic rings. The molecule has 8 nitrogen and oxygen atoms in total. The summed E-state index contributed by atoms with van der Waals surface area (Å²) < 4.78 is 19.1. The number of fused-ring (bicyclic) bond motifs is 1. The number of carbonyl (C=O) groups excluding carboxylic acids is 1. The van der Waals surface area contributed by atoms with E-state index in [1.54, 1.807) is 26.0 Å². The van der Waals surface area contributed by atoms with Gasteiger partial charge in [0.15, 0.2) is 17.6 Å². The molecule has 0 aliphatic carbocycles. The molecule has 37 heavy (non-hydrogen) atoms. The minimum atomic E-state index is -0.900. The number of halogens is 3. The van der Waals surface area contributed by atoms with Gasteiger partial charge in [-0.3, -0.25) is 4.79 Å². The van der Waals surface area contributed by atoms with Crippen LogP contribution in [0.25, 0.3) is 10.9 Å². The molecule has 0 N–H and O–H groups in total. The van der Waals surface area contributed by atoms with Crippen LogP contribution >= 0.6 is 43.5 Å². The number of rotatable bonds is 10. The van der Waals surface area contributed by atoms with Crippen molar-refractivity contribution < 1.29 is 19.0 Å². The molecule has 0 saturated heterocycles. The van der Waals surface area contributed by atoms with Crippen molar-refractivity contribution in [1.29, 1.82) is 0 Å². The maximum atomic E-state index is 13.4. The largest absolute Gasteiger partial charge is 0.490 e. The van der Waals surface area contributed by atoms with Gasteiger partial charge >= 0.3 is 5.97 Å². The van der Waals surface area contributed by atoms with Crippen molar-refractivity contribution in [2.45, 2.75) is 53.1 Å². The summed E-state index contributed by atoms with van der Waals surface area (Å²) in [6, 6.07) is 7.06. The lowest BCUT2D eigenvalue weighted by Crippen LogP contribution is -2.26. The molecule has 198 valence electrons. The van der Waals surface area contributed by atoms with Crippen molar-refractivity contribution in [1.82, 2.24) is 9.66 Å². The predicted octanol–water partition coefficient (Wildman–Crippen LogP) is 6.70. The number of nitrogens with zero attached hydrogens (tertiary/aromatic N) is 3. The number of hydrogen-bond donors (Lipinski definition) is 0. The van der Waals surface area contributed by atoms with Crippen LogP contribution in [0.4, 0.5) is 0 Å². The van der Waals surface area contributed by atoms with E-state index >= 15 is 0 Å². The highest BCUT2D eigenvalue weighted by atomic mass is 79.9. The van der Waals surface area contributed by atoms with Crippen LogP contribution in [-0.2, 0) is 9.53 Å². The minimum absolute atomic E-state index is 0.0101. The highest BCUT2D eigenvalue weighted by Gasteiger charge is 2.23. The van der Waals surface area contributed by atoms with E-state index in [0.29, 0.717) is 39.1 Å². The first-order chi connectivity index (χ1) is 17.6. The molecule has 0 aliphatic rings. The number of aromatic nitrogens is 2. The lowest BCUT2D eigenvalue weighted by Gasteiger charge is -2.19. The molecule has 0 amide bonds. The van der Waals surface area contributed by atoms with E-state index in [2.05, 4.69) is 37.0 Å². The van der Waals surface area contributed by atoms with Crippen LogP contribution in [0.3, 0.4) is 0 Å². The summed E-state index contributed by atoms with van der Waals surface area (Å²) in [6.07, 6.45) is 1.39. The van der Waals surface area contributed by atoms with E-state index in [-0.39, 0.29) is 28.9 Å². The van der Waals surface area contributed by atoms with E-state index in [0.717, 1.165) is 10.9 Å². The van der Waals surface area contributed by atoms with Crippen LogP contribution in [0.1, 0.15) is 58.3 Å². The molecule has 2 atom stereocenters. The Morgan fingerprint density at radius 2 is 1.92 bits per heavy atom. The Labute approximate surface area is 237 Å². The third-order valence-electron chi connectivity index (χ3n) is 5.57. The van der Waals surface area contributed by atoms with Crippen LogP contribution < -0.4 is 15.0 Å². The average molecular weight is 658 g/mol. The second kappa shape index (κ2) is 12.9. The lowest BCUT2D eigenvalue weighted by atomic mass is 10.1. The maximum Gasteiger partial charge on any atom is 0.347 e. The molecule has 0 saturated carbocycles. The average Bonchev–Trinajstić information content (AvgIpc) is 2.88. The number of hydrogen-bond acceptors (Lipinski definition) is 7. The Balaban J connectivity index is 2.12. The van der Waals surface area contributed by atoms with E-state index in [4.69, 9.17) is 30.8 Å². The molecule has 0 aliphatic heterocycles. The molecule has 0 fully saturated rings. The smallest absolute Gasteiger partial charge is 0.347 e. The molecular weight excluding hydrogens is 630 g/mol. The van der Waals surface area contributed by atoms with Gasteiger partial charge in [0.1, 0.15) is 10.8 Å². The van der Waals surface area contributed by atoms with E-state index < -0.39 is 12.1 Å². The van der Waals surface area contributed by atoms with Gasteiger partial charge in [-0.2, -0.15) is 9.78 Å². The van der Waals surface area contributed by atoms with Gasteiger partial charge in [-0.15, -0.1) is 0 Å². The van der Waals surface area contributed by atoms with Gasteiger partial charge < -0.3 is 14.2 Å². The predicted molar refractivity (Wildman–Crippen MR) is 152 cm³/mol. The number of ether oxygens (including phenoxy) is 3. The first-order valence-corrected chi connectivity index (χ1v) is 13.8. The Hall–Kier alpha value is -2.43. The van der Waals surface area contributed by atoms with Gasteiger partial charge in [0.2, 0.25) is 0 Å². The fourth-order valence-electron chi connectivity index (χ4n) is 3.45. The zero-order valence-electron chi connectivity index (χ0n) is 21.2. The first-order valence-electron chi connectivity index (χ1n) is 11.9. The van der Waals surface area contributed by atoms with Crippen molar-refractivity contribution in [3.05, 3.63) is 60.0 Å². The van der Waals surface area contributed by atoms with Crippen LogP contribution in [0.2, 0.25) is 5.02 Å².